The van der Waals surface area contributed by atoms with Crippen molar-refractivity contribution in [3.63, 3.8) is 0 Å². The number of amides is 3. The molecule has 0 radical (unpaired) electrons. The third-order valence-corrected chi connectivity index (χ3v) is 11.7. The van der Waals surface area contributed by atoms with E-state index in [2.05, 4.69) is 30.4 Å². The molecule has 1 spiro atoms. The van der Waals surface area contributed by atoms with E-state index < -0.39 is 33.4 Å². The molecule has 42 heavy (non-hydrogen) atoms. The lowest BCUT2D eigenvalue weighted by atomic mass is 9.66. The predicted molar refractivity (Wildman–Crippen MR) is 163 cm³/mol. The van der Waals surface area contributed by atoms with Crippen molar-refractivity contribution >= 4 is 40.5 Å². The molecule has 3 aliphatic heterocycles. The van der Waals surface area contributed by atoms with E-state index in [1.165, 1.54) is 0 Å². The summed E-state index contributed by atoms with van der Waals surface area (Å²) in [5.41, 5.74) is 1.52. The van der Waals surface area contributed by atoms with Gasteiger partial charge in [0, 0.05) is 24.9 Å². The van der Waals surface area contributed by atoms with Gasteiger partial charge in [-0.15, -0.1) is 30.0 Å². The zero-order valence-electron chi connectivity index (χ0n) is 25.0. The number of thioether (sulfide) groups is 1. The molecule has 1 aromatic heterocycles. The minimum atomic E-state index is -0.842. The number of aliphatic hydroxyl groups excluding tert-OH is 1. The molecule has 1 N–H and O–H groups in total. The van der Waals surface area contributed by atoms with Gasteiger partial charge in [0.2, 0.25) is 17.7 Å². The molecule has 1 aromatic carbocycles. The first-order valence-electron chi connectivity index (χ1n) is 14.8. The number of fused-ring (bicyclic) bond motifs is 2. The standard InChI is InChI=1S/C31H42N6O4S/c1-7-16-34(6)27(39)24-25-28(40)37(23(18-38)20(4)9-3)26(31(25)15-14-30(24,5)42-31)29(41)35(17-8-2)19-36-22-13-11-10-12-21(22)32-33-36/h7-8,10-13,20,23-26,38H,1-2,9,14-19H2,3-6H3/t20-,23-,24-,25-,26?,30+,31?/m0/s1. The number of hydrogen-bond donors (Lipinski definition) is 1. The first-order valence-corrected chi connectivity index (χ1v) is 15.6. The fraction of sp³-hybridized carbons (Fsp3) is 0.581. The molecular formula is C31H42N6O4S. The van der Waals surface area contributed by atoms with Crippen molar-refractivity contribution < 1.29 is 19.5 Å². The summed E-state index contributed by atoms with van der Waals surface area (Å²) in [6.45, 7) is 14.2. The van der Waals surface area contributed by atoms with Gasteiger partial charge >= 0.3 is 0 Å². The van der Waals surface area contributed by atoms with E-state index in [-0.39, 0.29) is 43.5 Å². The Hall–Kier alpha value is -3.18. The van der Waals surface area contributed by atoms with Gasteiger partial charge in [-0.25, -0.2) is 4.68 Å². The second-order valence-corrected chi connectivity index (χ2v) is 14.1. The van der Waals surface area contributed by atoms with E-state index in [4.69, 9.17) is 0 Å². The summed E-state index contributed by atoms with van der Waals surface area (Å²) in [5, 5.41) is 19.2. The monoisotopic (exact) mass is 594 g/mol. The van der Waals surface area contributed by atoms with E-state index >= 15 is 0 Å². The molecule has 7 atom stereocenters. The third kappa shape index (κ3) is 4.56. The molecule has 5 rings (SSSR count). The fourth-order valence-electron chi connectivity index (χ4n) is 7.44. The van der Waals surface area contributed by atoms with Crippen LogP contribution in [0.15, 0.2) is 49.6 Å². The molecule has 0 aliphatic carbocycles. The zero-order chi connectivity index (χ0) is 30.4. The predicted octanol–water partition coefficient (Wildman–Crippen LogP) is 2.94. The highest BCUT2D eigenvalue weighted by atomic mass is 32.2. The van der Waals surface area contributed by atoms with E-state index in [0.29, 0.717) is 13.0 Å². The smallest absolute Gasteiger partial charge is 0.248 e. The van der Waals surface area contributed by atoms with Gasteiger partial charge < -0.3 is 19.8 Å². The van der Waals surface area contributed by atoms with Gasteiger partial charge in [-0.05, 0) is 37.8 Å². The maximum absolute atomic E-state index is 14.8. The maximum Gasteiger partial charge on any atom is 0.248 e. The van der Waals surface area contributed by atoms with Crippen molar-refractivity contribution in [3.05, 3.63) is 49.6 Å². The van der Waals surface area contributed by atoms with Crippen molar-refractivity contribution in [3.8, 4) is 0 Å². The molecular weight excluding hydrogens is 552 g/mol. The van der Waals surface area contributed by atoms with Crippen molar-refractivity contribution in [1.82, 2.24) is 29.7 Å². The van der Waals surface area contributed by atoms with Crippen LogP contribution in [-0.2, 0) is 21.1 Å². The number of aromatic nitrogens is 3. The molecule has 3 amide bonds. The highest BCUT2D eigenvalue weighted by molar-refractivity contribution is 8.02. The van der Waals surface area contributed by atoms with Gasteiger partial charge in [-0.1, -0.05) is 49.8 Å². The number of benzene rings is 1. The molecule has 226 valence electrons. The Labute approximate surface area is 251 Å². The molecule has 3 fully saturated rings. The Morgan fingerprint density at radius 2 is 1.93 bits per heavy atom. The normalized spacial score (nSPS) is 29.4. The second kappa shape index (κ2) is 11.5. The van der Waals surface area contributed by atoms with Crippen LogP contribution in [-0.4, -0.2) is 101 Å². The summed E-state index contributed by atoms with van der Waals surface area (Å²) >= 11 is 1.64. The van der Waals surface area contributed by atoms with Gasteiger partial charge in [-0.2, -0.15) is 0 Å². The van der Waals surface area contributed by atoms with Gasteiger partial charge in [0.25, 0.3) is 0 Å². The number of nitrogens with zero attached hydrogens (tertiary/aromatic N) is 6. The molecule has 4 heterocycles. The van der Waals surface area contributed by atoms with Crippen LogP contribution in [0.4, 0.5) is 0 Å². The Morgan fingerprint density at radius 1 is 1.21 bits per heavy atom. The Bertz CT molecular complexity index is 1400. The quantitative estimate of drug-likeness (QED) is 0.376. The Balaban J connectivity index is 1.60. The first-order chi connectivity index (χ1) is 20.1. The van der Waals surface area contributed by atoms with Crippen LogP contribution in [0.25, 0.3) is 11.0 Å². The van der Waals surface area contributed by atoms with Crippen LogP contribution in [0.1, 0.15) is 40.0 Å². The first kappa shape index (κ1) is 30.3. The minimum Gasteiger partial charge on any atom is -0.394 e. The van der Waals surface area contributed by atoms with E-state index in [1.807, 2.05) is 38.1 Å². The lowest BCUT2D eigenvalue weighted by molar-refractivity contribution is -0.148. The molecule has 2 bridgehead atoms. The number of carbonyl (C=O) groups is 3. The number of likely N-dealkylation sites (tertiary alicyclic amines) is 1. The van der Waals surface area contributed by atoms with Crippen molar-refractivity contribution in [2.24, 2.45) is 17.8 Å². The lowest BCUT2D eigenvalue weighted by Crippen LogP contribution is -2.58. The summed E-state index contributed by atoms with van der Waals surface area (Å²) in [6.07, 6.45) is 5.43. The molecule has 2 aromatic rings. The summed E-state index contributed by atoms with van der Waals surface area (Å²) in [6, 6.07) is 6.16. The summed E-state index contributed by atoms with van der Waals surface area (Å²) in [5.74, 6) is -1.82. The third-order valence-electron chi connectivity index (χ3n) is 9.72. The average Bonchev–Trinajstić information content (AvgIpc) is 3.68. The lowest BCUT2D eigenvalue weighted by Gasteiger charge is -2.41. The summed E-state index contributed by atoms with van der Waals surface area (Å²) in [7, 11) is 1.74. The Kier molecular flexibility index (Phi) is 8.28. The minimum absolute atomic E-state index is 0.0491. The Morgan fingerprint density at radius 3 is 2.60 bits per heavy atom. The molecule has 10 nitrogen and oxygen atoms in total. The molecule has 2 unspecified atom stereocenters. The number of para-hydroxylation sites is 1. The number of likely N-dealkylation sites (N-methyl/N-ethyl adjacent to an activating group) is 1. The van der Waals surface area contributed by atoms with E-state index in [9.17, 15) is 19.5 Å². The summed E-state index contributed by atoms with van der Waals surface area (Å²) < 4.78 is 0.416. The van der Waals surface area contributed by atoms with Crippen molar-refractivity contribution in [2.45, 2.75) is 68.3 Å². The number of aliphatic hydroxyl groups is 1. The van der Waals surface area contributed by atoms with Crippen molar-refractivity contribution in [1.29, 1.82) is 0 Å². The molecule has 0 saturated carbocycles. The highest BCUT2D eigenvalue weighted by Crippen LogP contribution is 2.72. The van der Waals surface area contributed by atoms with E-state index in [0.717, 1.165) is 23.9 Å². The largest absolute Gasteiger partial charge is 0.394 e. The number of rotatable bonds is 12. The second-order valence-electron chi connectivity index (χ2n) is 12.2. The maximum atomic E-state index is 14.8. The van der Waals surface area contributed by atoms with Crippen LogP contribution >= 0.6 is 11.8 Å². The summed E-state index contributed by atoms with van der Waals surface area (Å²) in [4.78, 5) is 48.3. The van der Waals surface area contributed by atoms with Crippen LogP contribution in [0.2, 0.25) is 0 Å². The molecule has 3 saturated heterocycles. The van der Waals surface area contributed by atoms with Gasteiger partial charge in [0.05, 0.1) is 34.7 Å². The SMILES string of the molecule is C=CCN(C)C(=O)[C@@H]1[C@H]2C(=O)N([C@@H](CO)[C@@H](C)CC)C(C(=O)N(CC=C)Cn3nnc4ccccc43)C23CC[C@@]1(C)S3. The number of carbonyl (C=O) groups excluding carboxylic acids is 3. The molecule has 11 heteroatoms. The van der Waals surface area contributed by atoms with Gasteiger partial charge in [-0.3, -0.25) is 14.4 Å². The van der Waals surface area contributed by atoms with Gasteiger partial charge in [0.15, 0.2) is 0 Å². The van der Waals surface area contributed by atoms with Crippen LogP contribution in [0.3, 0.4) is 0 Å². The fourth-order valence-corrected chi connectivity index (χ4v) is 9.77. The van der Waals surface area contributed by atoms with Gasteiger partial charge in [0.1, 0.15) is 18.2 Å². The zero-order valence-corrected chi connectivity index (χ0v) is 25.8. The van der Waals surface area contributed by atoms with E-state index in [1.54, 1.807) is 50.3 Å². The molecule has 3 aliphatic rings. The topological polar surface area (TPSA) is 112 Å². The average molecular weight is 595 g/mol. The van der Waals surface area contributed by atoms with Crippen LogP contribution < -0.4 is 0 Å². The number of hydrogen-bond acceptors (Lipinski definition) is 7. The van der Waals surface area contributed by atoms with Crippen molar-refractivity contribution in [2.75, 3.05) is 26.7 Å². The highest BCUT2D eigenvalue weighted by Gasteiger charge is 2.78. The van der Waals surface area contributed by atoms with Crippen LogP contribution in [0.5, 0.6) is 0 Å². The van der Waals surface area contributed by atoms with Crippen LogP contribution in [0, 0.1) is 17.8 Å².